The molecule has 1 aliphatic rings. The van der Waals surface area contributed by atoms with Crippen LogP contribution in [0.3, 0.4) is 0 Å². The summed E-state index contributed by atoms with van der Waals surface area (Å²) in [4.78, 5) is 34.9. The van der Waals surface area contributed by atoms with Gasteiger partial charge in [-0.05, 0) is 45.2 Å². The first kappa shape index (κ1) is 32.1. The molecule has 1 aliphatic heterocycles. The van der Waals surface area contributed by atoms with Crippen molar-refractivity contribution in [3.8, 4) is 6.57 Å². The van der Waals surface area contributed by atoms with Gasteiger partial charge in [-0.25, -0.2) is 19.6 Å². The molecule has 2 unspecified atom stereocenters. The number of aliphatic carboxylic acids is 2. The summed E-state index contributed by atoms with van der Waals surface area (Å²) in [5.74, 6) is -1.46. The number of carboxylic acid groups (broad SMARTS) is 2. The molecule has 36 heavy (non-hydrogen) atoms. The van der Waals surface area contributed by atoms with Crippen LogP contribution in [0.15, 0.2) is 18.5 Å². The maximum Gasteiger partial charge on any atom is 0.508 e. The van der Waals surface area contributed by atoms with Crippen molar-refractivity contribution in [3.05, 3.63) is 24.2 Å². The molecule has 0 spiro atoms. The molecule has 2 aromatic rings. The minimum absolute atomic E-state index is 0.0632. The van der Waals surface area contributed by atoms with Crippen molar-refractivity contribution >= 4 is 29.4 Å². The number of fused-ring (bicyclic) bond motifs is 1. The second kappa shape index (κ2) is 17.5. The molecule has 2 aromatic heterocycles. The number of nitrogens with two attached hydrogens (primary N) is 1. The Hall–Kier alpha value is -3.92. The lowest BCUT2D eigenvalue weighted by atomic mass is 10.1. The third-order valence-electron chi connectivity index (χ3n) is 4.45. The van der Waals surface area contributed by atoms with Crippen LogP contribution in [0.2, 0.25) is 0 Å². The van der Waals surface area contributed by atoms with Crippen LogP contribution in [0.5, 0.6) is 0 Å². The molecule has 4 N–H and O–H groups in total. The first-order chi connectivity index (χ1) is 17.2. The average Bonchev–Trinajstić information content (AvgIpc) is 3.47. The van der Waals surface area contributed by atoms with E-state index in [9.17, 15) is 14.4 Å². The summed E-state index contributed by atoms with van der Waals surface area (Å²) < 4.78 is 17.7. The number of hydrogen-bond donors (Lipinski definition) is 3. The number of carboxylic acids is 2. The highest BCUT2D eigenvalue weighted by Crippen LogP contribution is 2.33. The molecule has 0 aliphatic carbocycles. The zero-order chi connectivity index (χ0) is 27.7. The van der Waals surface area contributed by atoms with Gasteiger partial charge in [0.25, 0.3) is 0 Å². The fourth-order valence-electron chi connectivity index (χ4n) is 3.04. The summed E-state index contributed by atoms with van der Waals surface area (Å²) >= 11 is 0. The third kappa shape index (κ3) is 11.5. The summed E-state index contributed by atoms with van der Waals surface area (Å²) in [6.45, 7) is 11.2. The first-order valence-electron chi connectivity index (χ1n) is 11.4. The predicted molar refractivity (Wildman–Crippen MR) is 129 cm³/mol. The highest BCUT2D eigenvalue weighted by atomic mass is 16.7. The molecular weight excluding hydrogens is 474 g/mol. The van der Waals surface area contributed by atoms with Crippen LogP contribution >= 0.6 is 0 Å². The van der Waals surface area contributed by atoms with Gasteiger partial charge in [0, 0.05) is 19.4 Å². The lowest BCUT2D eigenvalue weighted by molar-refractivity contribution is -0.138. The van der Waals surface area contributed by atoms with Gasteiger partial charge in [0.15, 0.2) is 5.82 Å². The number of hydrogen-bond acceptors (Lipinski definition) is 10. The average molecular weight is 510 g/mol. The minimum atomic E-state index is -0.948. The maximum atomic E-state index is 11.4. The Morgan fingerprint density at radius 1 is 1.19 bits per heavy atom. The Morgan fingerprint density at radius 3 is 2.36 bits per heavy atom. The van der Waals surface area contributed by atoms with E-state index in [1.165, 1.54) is 6.33 Å². The van der Waals surface area contributed by atoms with E-state index in [1.54, 1.807) is 18.4 Å². The smallest absolute Gasteiger partial charge is 0.481 e. The van der Waals surface area contributed by atoms with E-state index < -0.39 is 18.1 Å². The number of carbonyl (C=O) groups is 3. The molecule has 1 saturated heterocycles. The number of nitrogen functional groups attached to an aromatic ring is 1. The molecule has 0 amide bonds. The highest BCUT2D eigenvalue weighted by molar-refractivity contribution is 5.70. The Bertz CT molecular complexity index is 962. The van der Waals surface area contributed by atoms with Crippen molar-refractivity contribution in [3.63, 3.8) is 0 Å². The van der Waals surface area contributed by atoms with Gasteiger partial charge in [-0.1, -0.05) is 13.8 Å². The number of rotatable bonds is 8. The quantitative estimate of drug-likeness (QED) is 0.437. The molecule has 0 bridgehead atoms. The second-order valence-electron chi connectivity index (χ2n) is 7.39. The van der Waals surface area contributed by atoms with Crippen molar-refractivity contribution in [2.24, 2.45) is 0 Å². The Kier molecular flexibility index (Phi) is 15.6. The molecule has 13 heteroatoms. The largest absolute Gasteiger partial charge is 0.508 e. The molecular formula is C23H35N5O8. The topological polar surface area (TPSA) is 199 Å². The Morgan fingerprint density at radius 2 is 1.81 bits per heavy atom. The van der Waals surface area contributed by atoms with E-state index in [0.29, 0.717) is 5.82 Å². The number of nitrogens with zero attached hydrogens (tertiary/aromatic N) is 4. The van der Waals surface area contributed by atoms with Crippen LogP contribution in [0, 0.1) is 11.8 Å². The van der Waals surface area contributed by atoms with E-state index in [0.717, 1.165) is 24.1 Å². The van der Waals surface area contributed by atoms with E-state index >= 15 is 0 Å². The summed E-state index contributed by atoms with van der Waals surface area (Å²) in [6.07, 6.45) is 2.01. The first-order valence-corrected chi connectivity index (χ1v) is 11.4. The molecule has 13 nitrogen and oxygen atoms in total. The predicted octanol–water partition coefficient (Wildman–Crippen LogP) is 3.59. The van der Waals surface area contributed by atoms with Crippen molar-refractivity contribution < 1.29 is 38.8 Å². The summed E-state index contributed by atoms with van der Waals surface area (Å²) in [6, 6.07) is 3.80. The summed E-state index contributed by atoms with van der Waals surface area (Å²) in [7, 11) is 0. The third-order valence-corrected chi connectivity index (χ3v) is 4.45. The van der Waals surface area contributed by atoms with Crippen molar-refractivity contribution in [2.45, 2.75) is 78.1 Å². The zero-order valence-corrected chi connectivity index (χ0v) is 21.0. The molecule has 3 rings (SSSR count). The van der Waals surface area contributed by atoms with Gasteiger partial charge in [-0.15, -0.1) is 0 Å². The van der Waals surface area contributed by atoms with Crippen LogP contribution in [-0.4, -0.2) is 61.7 Å². The number of ether oxygens (including phenoxy) is 3. The highest BCUT2D eigenvalue weighted by Gasteiger charge is 2.30. The molecule has 1 fully saturated rings. The number of anilines is 1. The SMILES string of the molecule is C#N.CC.CC(C)OC(=O)OCC1CCC(c2ccc3c(N)ncnn23)O1.O=C(O)CCCC(=O)O. The van der Waals surface area contributed by atoms with Crippen LogP contribution in [0.25, 0.3) is 5.52 Å². The standard InChI is InChI=1S/C15H20N4O4.C5H8O4.C2H6.CHN/c1-9(2)22-15(20)21-7-10-3-6-13(23-10)11-4-5-12-14(16)17-8-18-19(11)12;6-4(7)2-1-3-5(8)9;2*1-2/h4-5,8-10,13H,3,6-7H2,1-2H3,(H2,16,17,18);1-3H2,(H,6,7)(H,8,9);1-2H3;1H. The van der Waals surface area contributed by atoms with E-state index in [1.807, 2.05) is 26.0 Å². The van der Waals surface area contributed by atoms with Gasteiger partial charge in [0.1, 0.15) is 24.6 Å². The minimum Gasteiger partial charge on any atom is -0.481 e. The number of aromatic nitrogens is 3. The van der Waals surface area contributed by atoms with Crippen LogP contribution in [0.4, 0.5) is 10.6 Å². The summed E-state index contributed by atoms with van der Waals surface area (Å²) in [5, 5.41) is 26.8. The van der Waals surface area contributed by atoms with Gasteiger partial charge < -0.3 is 30.2 Å². The van der Waals surface area contributed by atoms with Gasteiger partial charge in [-0.2, -0.15) is 5.10 Å². The van der Waals surface area contributed by atoms with Gasteiger partial charge in [0.05, 0.1) is 17.9 Å². The molecule has 0 radical (unpaired) electrons. The van der Waals surface area contributed by atoms with Crippen LogP contribution in [-0.2, 0) is 23.8 Å². The van der Waals surface area contributed by atoms with Gasteiger partial charge in [0.2, 0.25) is 0 Å². The normalized spacial score (nSPS) is 15.9. The van der Waals surface area contributed by atoms with Crippen molar-refractivity contribution in [1.29, 1.82) is 5.26 Å². The lowest BCUT2D eigenvalue weighted by Gasteiger charge is -2.14. The van der Waals surface area contributed by atoms with Crippen LogP contribution < -0.4 is 5.73 Å². The van der Waals surface area contributed by atoms with Crippen molar-refractivity contribution in [1.82, 2.24) is 14.6 Å². The number of carbonyl (C=O) groups excluding carboxylic acids is 1. The number of nitriles is 1. The fourth-order valence-corrected chi connectivity index (χ4v) is 3.04. The Balaban J connectivity index is 0.000000797. The lowest BCUT2D eigenvalue weighted by Crippen LogP contribution is -2.21. The van der Waals surface area contributed by atoms with E-state index in [-0.39, 0.29) is 44.2 Å². The van der Waals surface area contributed by atoms with Gasteiger partial charge in [-0.3, -0.25) is 9.59 Å². The molecule has 0 aromatic carbocycles. The van der Waals surface area contributed by atoms with Crippen LogP contribution in [0.1, 0.15) is 71.6 Å². The summed E-state index contributed by atoms with van der Waals surface area (Å²) in [5.41, 5.74) is 7.51. The van der Waals surface area contributed by atoms with Gasteiger partial charge >= 0.3 is 18.1 Å². The van der Waals surface area contributed by atoms with E-state index in [4.69, 9.17) is 35.4 Å². The molecule has 200 valence electrons. The maximum absolute atomic E-state index is 11.4. The fraction of sp³-hybridized carbons (Fsp3) is 0.565. The zero-order valence-electron chi connectivity index (χ0n) is 21.0. The van der Waals surface area contributed by atoms with E-state index in [2.05, 4.69) is 16.7 Å². The monoisotopic (exact) mass is 509 g/mol. The second-order valence-corrected chi connectivity index (χ2v) is 7.39. The molecule has 0 saturated carbocycles. The Labute approximate surface area is 209 Å². The molecule has 3 heterocycles. The molecule has 2 atom stereocenters. The van der Waals surface area contributed by atoms with Crippen molar-refractivity contribution in [2.75, 3.05) is 12.3 Å².